The van der Waals surface area contributed by atoms with E-state index in [1.807, 2.05) is 0 Å². The van der Waals surface area contributed by atoms with Crippen molar-refractivity contribution in [1.82, 2.24) is 59.5 Å². The summed E-state index contributed by atoms with van der Waals surface area (Å²) in [5.41, 5.74) is -1.20. The number of hydrogen-bond acceptors (Lipinski definition) is 28. The number of hydrogen-bond donors (Lipinski definition) is 24. The highest BCUT2D eigenvalue weighted by Gasteiger charge is 2.29. The van der Waals surface area contributed by atoms with E-state index in [2.05, 4.69) is 39.9 Å². The summed E-state index contributed by atoms with van der Waals surface area (Å²) >= 11 is 0. The van der Waals surface area contributed by atoms with Gasteiger partial charge in [-0.25, -0.2) is 58.3 Å². The molecule has 0 aliphatic carbocycles. The van der Waals surface area contributed by atoms with E-state index in [0.29, 0.717) is 41.9 Å². The van der Waals surface area contributed by atoms with Crippen LogP contribution in [0, 0.1) is 0 Å². The summed E-state index contributed by atoms with van der Waals surface area (Å²) in [5, 5.41) is 180. The maximum atomic E-state index is 12.7. The summed E-state index contributed by atoms with van der Waals surface area (Å²) in [6.07, 6.45) is 10.7. The van der Waals surface area contributed by atoms with Crippen molar-refractivity contribution in [3.8, 4) is 22.3 Å². The zero-order valence-corrected chi connectivity index (χ0v) is 61.8. The number of aliphatic hydroxyl groups excluding tert-OH is 12. The van der Waals surface area contributed by atoms with E-state index in [0.717, 1.165) is 0 Å². The van der Waals surface area contributed by atoms with Crippen LogP contribution in [0.15, 0.2) is 97.1 Å². The average molecular weight is 1670 g/mol. The minimum atomic E-state index is -1.39. The summed E-state index contributed by atoms with van der Waals surface area (Å²) in [7, 11) is 0. The van der Waals surface area contributed by atoms with Gasteiger partial charge in [-0.05, 0) is 96.1 Å². The molecule has 0 fully saturated rings. The molecule has 4 aliphatic rings. The quantitative estimate of drug-likeness (QED) is 0.0422. The molecule has 10 heterocycles. The van der Waals surface area contributed by atoms with Crippen molar-refractivity contribution < 1.29 is 160 Å². The number of aromatic carboxylic acids is 8. The Morgan fingerprint density at radius 3 is 0.592 bits per heavy atom. The van der Waals surface area contributed by atoms with Crippen LogP contribution in [-0.2, 0) is 19.2 Å². The molecular formula is C76H72N12O32. The van der Waals surface area contributed by atoms with Gasteiger partial charge in [-0.1, -0.05) is 60.7 Å². The maximum Gasteiger partial charge on any atom is 0.340 e. The SMILES string of the molecule is O=C(CO)N(CO)CO.O=C(CO)N(CO)CO.O=C(CO)N(CO)CO.O=C(CO)N(CO)CO.O=C(O)c1c2nc(c(C(=O)O)c3cc(-c4ccccc4)c([nH]3)c(C(=O)O)c3nc(c(C(=O)O)c4ccc1[nH]4)C=C3)C=C2.O=C(O)c1c2nc(c(C(=O)O)c3cc(-c4ccccc4)c([nH]3)c(C(=O)O)c3nc(c(C(=O)O)c4ccc1[nH]4)C=C3)C=C2. The number of aliphatic hydroxyl groups is 12. The van der Waals surface area contributed by atoms with Crippen molar-refractivity contribution in [2.45, 2.75) is 0 Å². The zero-order chi connectivity index (χ0) is 88.5. The van der Waals surface area contributed by atoms with Crippen LogP contribution < -0.4 is 0 Å². The lowest BCUT2D eigenvalue weighted by molar-refractivity contribution is -0.143. The fraction of sp³-hybridized carbons (Fsp3) is 0.158. The Labute approximate surface area is 670 Å². The molecule has 0 saturated heterocycles. The highest BCUT2D eigenvalue weighted by molar-refractivity contribution is 6.13. The van der Waals surface area contributed by atoms with Crippen LogP contribution in [-0.4, -0.2) is 313 Å². The van der Waals surface area contributed by atoms with Crippen molar-refractivity contribution in [2.24, 2.45) is 0 Å². The number of nitrogens with one attached hydrogen (secondary N) is 4. The molecule has 0 saturated carbocycles. The van der Waals surface area contributed by atoms with Gasteiger partial charge in [0.2, 0.25) is 0 Å². The lowest BCUT2D eigenvalue weighted by Gasteiger charge is -2.13. The Hall–Kier alpha value is -15.2. The van der Waals surface area contributed by atoms with Crippen molar-refractivity contribution in [2.75, 3.05) is 80.3 Å². The third kappa shape index (κ3) is 21.5. The third-order valence-electron chi connectivity index (χ3n) is 16.9. The second-order valence-electron chi connectivity index (χ2n) is 24.0. The van der Waals surface area contributed by atoms with E-state index >= 15 is 0 Å². The summed E-state index contributed by atoms with van der Waals surface area (Å²) in [5.74, 6) is -13.9. The minimum absolute atomic E-state index is 0.00968. The predicted octanol–water partition coefficient (Wildman–Crippen LogP) is 1.06. The topological polar surface area (TPSA) is 737 Å². The van der Waals surface area contributed by atoms with E-state index < -0.39 is 152 Å². The lowest BCUT2D eigenvalue weighted by atomic mass is 10.0. The van der Waals surface area contributed by atoms with Crippen molar-refractivity contribution in [1.29, 1.82) is 0 Å². The highest BCUT2D eigenvalue weighted by atomic mass is 16.4. The number of benzene rings is 2. The Morgan fingerprint density at radius 2 is 0.425 bits per heavy atom. The monoisotopic (exact) mass is 1660 g/mol. The van der Waals surface area contributed by atoms with Gasteiger partial charge in [0.25, 0.3) is 23.6 Å². The van der Waals surface area contributed by atoms with Gasteiger partial charge in [0.1, 0.15) is 125 Å². The number of carboxylic acids is 8. The molecule has 4 aliphatic heterocycles. The first kappa shape index (κ1) is 92.0. The number of carbonyl (C=O) groups excluding carboxylic acids is 4. The highest BCUT2D eigenvalue weighted by Crippen LogP contribution is 2.36. The molecule has 628 valence electrons. The molecule has 120 heavy (non-hydrogen) atoms. The molecular weight excluding hydrogens is 1590 g/mol. The van der Waals surface area contributed by atoms with E-state index in [-0.39, 0.29) is 134 Å². The molecule has 12 rings (SSSR count). The number of aromatic nitrogens is 8. The van der Waals surface area contributed by atoms with E-state index in [4.69, 9.17) is 61.3 Å². The Balaban J connectivity index is 0.000000235. The first-order valence-electron chi connectivity index (χ1n) is 34.1. The molecule has 0 unspecified atom stereocenters. The largest absolute Gasteiger partial charge is 0.478 e. The predicted molar refractivity (Wildman–Crippen MR) is 417 cm³/mol. The van der Waals surface area contributed by atoms with Crippen LogP contribution >= 0.6 is 0 Å². The standard InChI is InChI=1S/2C30H18N4O8.4C4H9NO4/c2*35-27(36)22-15-6-7-16(31-15)23(28(37)38)18-10-11-20(33-18)25(30(41)42)26-14(13-4-2-1-3-5-13)12-21(34-26)24(29(39)40)19-9-8-17(22)32-19;4*6-1-4(9)5(2-7)3-8/h2*1-12,31,34H,(H,35,36)(H,37,38)(H,39,40)(H,41,42);4*6-8H,1-3H2. The number of H-pyrrole nitrogens is 4. The van der Waals surface area contributed by atoms with Gasteiger partial charge in [-0.2, -0.15) is 0 Å². The van der Waals surface area contributed by atoms with Crippen LogP contribution in [0.2, 0.25) is 0 Å². The number of carbonyl (C=O) groups is 12. The van der Waals surface area contributed by atoms with E-state index in [1.165, 1.54) is 85.0 Å². The number of fused-ring (bicyclic) bond motifs is 16. The third-order valence-corrected chi connectivity index (χ3v) is 16.9. The molecule has 16 bridgehead atoms. The molecule has 4 amide bonds. The Morgan fingerprint density at radius 1 is 0.242 bits per heavy atom. The molecule has 24 N–H and O–H groups in total. The zero-order valence-electron chi connectivity index (χ0n) is 61.8. The maximum absolute atomic E-state index is 12.7. The summed E-state index contributed by atoms with van der Waals surface area (Å²) in [6, 6.07) is 25.7. The first-order chi connectivity index (χ1) is 57.3. The number of aromatic amines is 4. The Kier molecular flexibility index (Phi) is 32.5. The molecule has 6 aromatic heterocycles. The van der Waals surface area contributed by atoms with E-state index in [9.17, 15) is 98.4 Å². The average Bonchev–Trinajstić information content (AvgIpc) is 1.62. The smallest absolute Gasteiger partial charge is 0.340 e. The minimum Gasteiger partial charge on any atom is -0.478 e. The van der Waals surface area contributed by atoms with Crippen molar-refractivity contribution in [3.05, 3.63) is 187 Å². The second kappa shape index (κ2) is 42.4. The van der Waals surface area contributed by atoms with Gasteiger partial charge in [0, 0.05) is 11.1 Å². The molecule has 0 spiro atoms. The number of carboxylic acid groups (broad SMARTS) is 8. The number of rotatable bonds is 22. The number of nitrogens with zero attached hydrogens (tertiary/aromatic N) is 8. The first-order valence-corrected chi connectivity index (χ1v) is 34.1. The Bertz CT molecular complexity index is 5380. The fourth-order valence-electron chi connectivity index (χ4n) is 11.3. The van der Waals surface area contributed by atoms with Crippen LogP contribution in [0.1, 0.15) is 128 Å². The summed E-state index contributed by atoms with van der Waals surface area (Å²) in [4.78, 5) is 173. The van der Waals surface area contributed by atoms with E-state index in [1.54, 1.807) is 60.7 Å². The van der Waals surface area contributed by atoms with Crippen molar-refractivity contribution in [3.63, 3.8) is 0 Å². The van der Waals surface area contributed by atoms with Gasteiger partial charge in [-0.3, -0.25) is 38.8 Å². The van der Waals surface area contributed by atoms with Gasteiger partial charge in [0.05, 0.1) is 89.7 Å². The summed E-state index contributed by atoms with van der Waals surface area (Å²) in [6.45, 7) is -7.36. The van der Waals surface area contributed by atoms with Crippen molar-refractivity contribution >= 4 is 164 Å². The molecule has 44 heteroatoms. The molecule has 0 radical (unpaired) electrons. The molecule has 2 aromatic carbocycles. The molecule has 0 atom stereocenters. The van der Waals surface area contributed by atoms with Gasteiger partial charge >= 0.3 is 47.8 Å². The van der Waals surface area contributed by atoms with Crippen LogP contribution in [0.4, 0.5) is 0 Å². The fourth-order valence-corrected chi connectivity index (χ4v) is 11.3. The number of amides is 4. The normalized spacial score (nSPS) is 11.1. The van der Waals surface area contributed by atoms with Gasteiger partial charge in [-0.15, -0.1) is 0 Å². The van der Waals surface area contributed by atoms with Crippen LogP contribution in [0.3, 0.4) is 0 Å². The summed E-state index contributed by atoms with van der Waals surface area (Å²) < 4.78 is 0. The molecule has 44 nitrogen and oxygen atoms in total. The second-order valence-corrected chi connectivity index (χ2v) is 24.0. The van der Waals surface area contributed by atoms with Gasteiger partial charge in [0.15, 0.2) is 0 Å². The molecule has 8 aromatic rings. The van der Waals surface area contributed by atoms with Gasteiger partial charge < -0.3 is 122 Å². The van der Waals surface area contributed by atoms with Crippen LogP contribution in [0.5, 0.6) is 0 Å². The lowest BCUT2D eigenvalue weighted by Crippen LogP contribution is -2.34. The van der Waals surface area contributed by atoms with Crippen LogP contribution in [0.25, 0.3) is 115 Å².